The summed E-state index contributed by atoms with van der Waals surface area (Å²) in [6.07, 6.45) is 5.33. The number of hydrogen-bond donors (Lipinski definition) is 0. The third kappa shape index (κ3) is 2.45. The van der Waals surface area contributed by atoms with E-state index in [9.17, 15) is 0 Å². The van der Waals surface area contributed by atoms with Crippen molar-refractivity contribution >= 4 is 16.5 Å². The SMILES string of the molecule is c1csc(N2CCN(C3CCc4c(ccc5c4OCO5)C3)CC2)n1. The van der Waals surface area contributed by atoms with E-state index >= 15 is 0 Å². The van der Waals surface area contributed by atoms with Gasteiger partial charge in [-0.15, -0.1) is 11.3 Å². The summed E-state index contributed by atoms with van der Waals surface area (Å²) in [6, 6.07) is 4.96. The highest BCUT2D eigenvalue weighted by molar-refractivity contribution is 7.13. The number of anilines is 1. The number of rotatable bonds is 2. The molecule has 3 aliphatic rings. The van der Waals surface area contributed by atoms with Crippen molar-refractivity contribution < 1.29 is 9.47 Å². The standard InChI is InChI=1S/C18H21N3O2S/c1-4-16-17(23-12-22-16)15-3-2-14(11-13(1)15)20-6-8-21(9-7-20)18-19-5-10-24-18/h1,4-5,10,14H,2-3,6-9,11-12H2. The Morgan fingerprint density at radius 1 is 1.12 bits per heavy atom. The van der Waals surface area contributed by atoms with Crippen molar-refractivity contribution in [3.63, 3.8) is 0 Å². The summed E-state index contributed by atoms with van der Waals surface area (Å²) < 4.78 is 11.2. The average molecular weight is 343 g/mol. The summed E-state index contributed by atoms with van der Waals surface area (Å²) in [5.74, 6) is 1.92. The molecule has 5 rings (SSSR count). The fraction of sp³-hybridized carbons (Fsp3) is 0.500. The molecule has 1 aromatic heterocycles. The maximum Gasteiger partial charge on any atom is 0.231 e. The monoisotopic (exact) mass is 343 g/mol. The zero-order chi connectivity index (χ0) is 15.9. The predicted molar refractivity (Wildman–Crippen MR) is 94.3 cm³/mol. The van der Waals surface area contributed by atoms with Crippen molar-refractivity contribution in [1.29, 1.82) is 0 Å². The largest absolute Gasteiger partial charge is 0.454 e. The van der Waals surface area contributed by atoms with Crippen molar-refractivity contribution in [2.24, 2.45) is 0 Å². The fourth-order valence-corrected chi connectivity index (χ4v) is 4.86. The van der Waals surface area contributed by atoms with Gasteiger partial charge in [0.05, 0.1) is 0 Å². The first kappa shape index (κ1) is 14.5. The predicted octanol–water partition coefficient (Wildman–Crippen LogP) is 2.55. The van der Waals surface area contributed by atoms with Crippen molar-refractivity contribution in [1.82, 2.24) is 9.88 Å². The van der Waals surface area contributed by atoms with E-state index in [1.54, 1.807) is 11.3 Å². The van der Waals surface area contributed by atoms with E-state index < -0.39 is 0 Å². The molecule has 126 valence electrons. The van der Waals surface area contributed by atoms with E-state index in [1.165, 1.54) is 17.5 Å². The van der Waals surface area contributed by atoms with Crippen LogP contribution < -0.4 is 14.4 Å². The summed E-state index contributed by atoms with van der Waals surface area (Å²) in [7, 11) is 0. The van der Waals surface area contributed by atoms with E-state index in [-0.39, 0.29) is 0 Å². The third-order valence-corrected chi connectivity index (χ3v) is 6.27. The van der Waals surface area contributed by atoms with Crippen molar-refractivity contribution in [3.05, 3.63) is 34.8 Å². The second-order valence-electron chi connectivity index (χ2n) is 6.67. The van der Waals surface area contributed by atoms with Crippen LogP contribution in [-0.2, 0) is 12.8 Å². The summed E-state index contributed by atoms with van der Waals surface area (Å²) in [4.78, 5) is 9.52. The van der Waals surface area contributed by atoms with E-state index in [1.807, 2.05) is 6.20 Å². The third-order valence-electron chi connectivity index (χ3n) is 5.44. The quantitative estimate of drug-likeness (QED) is 0.838. The van der Waals surface area contributed by atoms with Crippen LogP contribution >= 0.6 is 11.3 Å². The number of aromatic nitrogens is 1. The highest BCUT2D eigenvalue weighted by Gasteiger charge is 2.31. The molecule has 0 saturated carbocycles. The lowest BCUT2D eigenvalue weighted by molar-refractivity contribution is 0.165. The topological polar surface area (TPSA) is 37.8 Å². The smallest absolute Gasteiger partial charge is 0.231 e. The number of nitrogens with zero attached hydrogens (tertiary/aromatic N) is 3. The molecular formula is C18H21N3O2S. The second-order valence-corrected chi connectivity index (χ2v) is 7.54. The fourth-order valence-electron chi connectivity index (χ4n) is 4.17. The van der Waals surface area contributed by atoms with Gasteiger partial charge in [-0.1, -0.05) is 6.07 Å². The van der Waals surface area contributed by atoms with Crippen molar-refractivity contribution in [3.8, 4) is 11.5 Å². The highest BCUT2D eigenvalue weighted by Crippen LogP contribution is 2.41. The maximum atomic E-state index is 5.68. The Balaban J connectivity index is 1.27. The molecular weight excluding hydrogens is 322 g/mol. The van der Waals surface area contributed by atoms with Crippen LogP contribution in [0.25, 0.3) is 0 Å². The molecule has 24 heavy (non-hydrogen) atoms. The molecule has 1 unspecified atom stereocenters. The molecule has 0 N–H and O–H groups in total. The molecule has 2 aliphatic heterocycles. The average Bonchev–Trinajstić information content (AvgIpc) is 3.33. The van der Waals surface area contributed by atoms with E-state index in [0.29, 0.717) is 12.8 Å². The van der Waals surface area contributed by atoms with Gasteiger partial charge >= 0.3 is 0 Å². The number of hydrogen-bond acceptors (Lipinski definition) is 6. The van der Waals surface area contributed by atoms with Gasteiger partial charge in [0.15, 0.2) is 16.6 Å². The molecule has 5 nitrogen and oxygen atoms in total. The minimum Gasteiger partial charge on any atom is -0.454 e. The lowest BCUT2D eigenvalue weighted by Crippen LogP contribution is -2.51. The van der Waals surface area contributed by atoms with Gasteiger partial charge in [0.2, 0.25) is 6.79 Å². The zero-order valence-electron chi connectivity index (χ0n) is 13.6. The van der Waals surface area contributed by atoms with E-state index in [0.717, 1.165) is 55.7 Å². The Hall–Kier alpha value is -1.79. The molecule has 2 aromatic rings. The highest BCUT2D eigenvalue weighted by atomic mass is 32.1. The van der Waals surface area contributed by atoms with Crippen LogP contribution in [-0.4, -0.2) is 48.9 Å². The minimum atomic E-state index is 0.369. The Bertz CT molecular complexity index is 726. The van der Waals surface area contributed by atoms with Crippen molar-refractivity contribution in [2.45, 2.75) is 25.3 Å². The van der Waals surface area contributed by atoms with Gasteiger partial charge in [0, 0.05) is 49.4 Å². The molecule has 1 fully saturated rings. The minimum absolute atomic E-state index is 0.369. The molecule has 0 spiro atoms. The molecule has 1 aliphatic carbocycles. The number of ether oxygens (including phenoxy) is 2. The second kappa shape index (κ2) is 5.93. The van der Waals surface area contributed by atoms with Gasteiger partial charge in [0.25, 0.3) is 0 Å². The van der Waals surface area contributed by atoms with Crippen LogP contribution in [0.3, 0.4) is 0 Å². The Morgan fingerprint density at radius 3 is 2.88 bits per heavy atom. The molecule has 1 saturated heterocycles. The van der Waals surface area contributed by atoms with Crippen LogP contribution in [0.5, 0.6) is 11.5 Å². The van der Waals surface area contributed by atoms with Crippen LogP contribution in [0, 0.1) is 0 Å². The zero-order valence-corrected chi connectivity index (χ0v) is 14.4. The lowest BCUT2D eigenvalue weighted by atomic mass is 9.86. The number of fused-ring (bicyclic) bond motifs is 3. The Kier molecular flexibility index (Phi) is 3.60. The van der Waals surface area contributed by atoms with Crippen molar-refractivity contribution in [2.75, 3.05) is 37.9 Å². The summed E-state index contributed by atoms with van der Waals surface area (Å²) in [5.41, 5.74) is 2.82. The van der Waals surface area contributed by atoms with E-state index in [2.05, 4.69) is 32.3 Å². The number of thiazole rings is 1. The summed E-state index contributed by atoms with van der Waals surface area (Å²) in [6.45, 7) is 4.79. The van der Waals surface area contributed by atoms with Crippen LogP contribution in [0.1, 0.15) is 17.5 Å². The first-order valence-electron chi connectivity index (χ1n) is 8.67. The molecule has 1 aromatic carbocycles. The van der Waals surface area contributed by atoms with Gasteiger partial charge in [-0.05, 0) is 30.9 Å². The molecule has 6 heteroatoms. The first-order valence-corrected chi connectivity index (χ1v) is 9.55. The molecule has 0 bridgehead atoms. The normalized spacial score (nSPS) is 23.3. The van der Waals surface area contributed by atoms with Gasteiger partial charge < -0.3 is 14.4 Å². The molecule has 3 heterocycles. The molecule has 0 amide bonds. The molecule has 1 atom stereocenters. The summed E-state index contributed by atoms with van der Waals surface area (Å²) >= 11 is 1.74. The first-order chi connectivity index (χ1) is 11.9. The van der Waals surface area contributed by atoms with Gasteiger partial charge in [0.1, 0.15) is 0 Å². The maximum absolute atomic E-state index is 5.68. The lowest BCUT2D eigenvalue weighted by Gasteiger charge is -2.41. The molecule has 0 radical (unpaired) electrons. The van der Waals surface area contributed by atoms with E-state index in [4.69, 9.17) is 9.47 Å². The Labute approximate surface area is 145 Å². The number of piperazine rings is 1. The van der Waals surface area contributed by atoms with Gasteiger partial charge in [-0.25, -0.2) is 4.98 Å². The van der Waals surface area contributed by atoms with Crippen LogP contribution in [0.4, 0.5) is 5.13 Å². The van der Waals surface area contributed by atoms with Gasteiger partial charge in [-0.3, -0.25) is 4.90 Å². The summed E-state index contributed by atoms with van der Waals surface area (Å²) in [5, 5.41) is 3.22. The Morgan fingerprint density at radius 2 is 2.04 bits per heavy atom. The van der Waals surface area contributed by atoms with Gasteiger partial charge in [-0.2, -0.15) is 0 Å². The number of benzene rings is 1. The van der Waals surface area contributed by atoms with Crippen LogP contribution in [0.2, 0.25) is 0 Å². The van der Waals surface area contributed by atoms with Crippen LogP contribution in [0.15, 0.2) is 23.7 Å².